The summed E-state index contributed by atoms with van der Waals surface area (Å²) in [6, 6.07) is 5.65. The first-order valence-electron chi connectivity index (χ1n) is 8.08. The van der Waals surface area contributed by atoms with Gasteiger partial charge in [0.2, 0.25) is 0 Å². The van der Waals surface area contributed by atoms with Crippen molar-refractivity contribution in [1.82, 2.24) is 21.1 Å². The summed E-state index contributed by atoms with van der Waals surface area (Å²) >= 11 is 0. The van der Waals surface area contributed by atoms with Crippen molar-refractivity contribution < 1.29 is 23.0 Å². The number of allylic oxidation sites excluding steroid dienone is 2. The van der Waals surface area contributed by atoms with Gasteiger partial charge >= 0.3 is 6.36 Å². The molecule has 3 rings (SSSR count). The van der Waals surface area contributed by atoms with E-state index in [9.17, 15) is 18.3 Å². The van der Waals surface area contributed by atoms with Crippen LogP contribution in [0.4, 0.5) is 13.2 Å². The molecule has 2 aliphatic heterocycles. The third kappa shape index (κ3) is 4.05. The minimum Gasteiger partial charge on any atom is -0.406 e. The highest BCUT2D eigenvalue weighted by Crippen LogP contribution is 2.31. The zero-order valence-corrected chi connectivity index (χ0v) is 14.0. The second-order valence-corrected chi connectivity index (χ2v) is 5.76. The normalized spacial score (nSPS) is 17.3. The second-order valence-electron chi connectivity index (χ2n) is 5.76. The number of halogens is 3. The number of hydrogen-bond donors (Lipinski definition) is 4. The Bertz CT molecular complexity index is 755. The molecule has 0 spiro atoms. The summed E-state index contributed by atoms with van der Waals surface area (Å²) in [5, 5.41) is 17.3. The number of rotatable bonds is 6. The predicted octanol–water partition coefficient (Wildman–Crippen LogP) is 2.35. The monoisotopic (exact) mass is 368 g/mol. The van der Waals surface area contributed by atoms with E-state index in [1.54, 1.807) is 17.3 Å². The van der Waals surface area contributed by atoms with Gasteiger partial charge in [-0.25, -0.2) is 5.01 Å². The van der Waals surface area contributed by atoms with Gasteiger partial charge in [-0.05, 0) is 30.7 Å². The molecule has 6 nitrogen and oxygen atoms in total. The molecule has 2 heterocycles. The van der Waals surface area contributed by atoms with Gasteiger partial charge in [0.05, 0.1) is 18.3 Å². The number of alkyl halides is 3. The van der Waals surface area contributed by atoms with Crippen LogP contribution in [-0.2, 0) is 0 Å². The van der Waals surface area contributed by atoms with Crippen LogP contribution in [0, 0.1) is 0 Å². The molecule has 0 radical (unpaired) electrons. The Morgan fingerprint density at radius 2 is 2.12 bits per heavy atom. The molecule has 1 aromatic carbocycles. The van der Waals surface area contributed by atoms with E-state index in [0.717, 1.165) is 12.2 Å². The van der Waals surface area contributed by atoms with Gasteiger partial charge < -0.3 is 20.5 Å². The van der Waals surface area contributed by atoms with Gasteiger partial charge in [-0.3, -0.25) is 5.43 Å². The molecule has 0 amide bonds. The molecule has 0 saturated carbocycles. The highest BCUT2D eigenvalue weighted by molar-refractivity contribution is 5.69. The lowest BCUT2D eigenvalue weighted by atomic mass is 10.1. The zero-order chi connectivity index (χ0) is 18.7. The largest absolute Gasteiger partial charge is 0.573 e. The number of hydrazine groups is 1. The SMILES string of the molecule is CCC(CO)NC1=CC=C2NC=C(c3cccc(OC(F)(F)F)c3)N2N1. The zero-order valence-electron chi connectivity index (χ0n) is 14.0. The molecule has 140 valence electrons. The van der Waals surface area contributed by atoms with Crippen LogP contribution >= 0.6 is 0 Å². The first-order valence-corrected chi connectivity index (χ1v) is 8.08. The topological polar surface area (TPSA) is 68.8 Å². The first-order chi connectivity index (χ1) is 12.4. The van der Waals surface area contributed by atoms with E-state index in [1.165, 1.54) is 18.2 Å². The summed E-state index contributed by atoms with van der Waals surface area (Å²) in [5.41, 5.74) is 4.32. The number of hydrogen-bond acceptors (Lipinski definition) is 6. The number of nitrogens with one attached hydrogen (secondary N) is 3. The lowest BCUT2D eigenvalue weighted by Crippen LogP contribution is -2.45. The van der Waals surface area contributed by atoms with Crippen molar-refractivity contribution in [2.24, 2.45) is 0 Å². The van der Waals surface area contributed by atoms with Crippen LogP contribution in [-0.4, -0.2) is 29.1 Å². The van der Waals surface area contributed by atoms with Crippen molar-refractivity contribution in [2.45, 2.75) is 25.7 Å². The number of benzene rings is 1. The average molecular weight is 368 g/mol. The Morgan fingerprint density at radius 1 is 1.31 bits per heavy atom. The average Bonchev–Trinajstić information content (AvgIpc) is 3.01. The summed E-state index contributed by atoms with van der Waals surface area (Å²) in [6.45, 7) is 1.94. The molecule has 0 aromatic heterocycles. The van der Waals surface area contributed by atoms with Gasteiger partial charge in [-0.1, -0.05) is 19.1 Å². The van der Waals surface area contributed by atoms with Crippen LogP contribution in [0.1, 0.15) is 18.9 Å². The van der Waals surface area contributed by atoms with Gasteiger partial charge in [0, 0.05) is 11.8 Å². The maximum atomic E-state index is 12.4. The van der Waals surface area contributed by atoms with E-state index < -0.39 is 6.36 Å². The van der Waals surface area contributed by atoms with Gasteiger partial charge in [-0.15, -0.1) is 13.2 Å². The number of ether oxygens (including phenoxy) is 1. The molecule has 0 fully saturated rings. The summed E-state index contributed by atoms with van der Waals surface area (Å²) in [5.74, 6) is 1.11. The third-order valence-electron chi connectivity index (χ3n) is 3.91. The fraction of sp³-hybridized carbons (Fsp3) is 0.294. The van der Waals surface area contributed by atoms with Crippen molar-refractivity contribution in [3.05, 3.63) is 59.8 Å². The number of aliphatic hydroxyl groups excluding tert-OH is 1. The van der Waals surface area contributed by atoms with E-state index in [1.807, 2.05) is 19.1 Å². The molecule has 2 aliphatic rings. The molecular weight excluding hydrogens is 349 g/mol. The van der Waals surface area contributed by atoms with E-state index in [-0.39, 0.29) is 18.4 Å². The van der Waals surface area contributed by atoms with Crippen LogP contribution in [0.5, 0.6) is 5.75 Å². The summed E-state index contributed by atoms with van der Waals surface area (Å²) < 4.78 is 41.3. The number of nitrogens with zero attached hydrogens (tertiary/aromatic N) is 1. The van der Waals surface area contributed by atoms with E-state index in [4.69, 9.17) is 0 Å². The van der Waals surface area contributed by atoms with Crippen molar-refractivity contribution in [3.8, 4) is 5.75 Å². The van der Waals surface area contributed by atoms with Gasteiger partial charge in [0.1, 0.15) is 17.4 Å². The van der Waals surface area contributed by atoms with Crippen LogP contribution in [0.15, 0.2) is 54.3 Å². The van der Waals surface area contributed by atoms with Gasteiger partial charge in [0.15, 0.2) is 0 Å². The molecule has 0 bridgehead atoms. The molecular formula is C17H19F3N4O2. The summed E-state index contributed by atoms with van der Waals surface area (Å²) in [4.78, 5) is 0. The lowest BCUT2D eigenvalue weighted by Gasteiger charge is -2.31. The Hall–Kier alpha value is -2.81. The molecule has 26 heavy (non-hydrogen) atoms. The van der Waals surface area contributed by atoms with E-state index in [2.05, 4.69) is 20.8 Å². The first kappa shape index (κ1) is 18.0. The molecule has 9 heteroatoms. The Labute approximate surface area is 148 Å². The highest BCUT2D eigenvalue weighted by atomic mass is 19.4. The lowest BCUT2D eigenvalue weighted by molar-refractivity contribution is -0.274. The maximum absolute atomic E-state index is 12.4. The minimum atomic E-state index is -4.74. The molecule has 1 atom stereocenters. The Kier molecular flexibility index (Phi) is 4.99. The van der Waals surface area contributed by atoms with Gasteiger partial charge in [-0.2, -0.15) is 0 Å². The Balaban J connectivity index is 1.77. The van der Waals surface area contributed by atoms with Crippen molar-refractivity contribution in [1.29, 1.82) is 0 Å². The van der Waals surface area contributed by atoms with Crippen LogP contribution in [0.25, 0.3) is 5.70 Å². The Morgan fingerprint density at radius 3 is 2.81 bits per heavy atom. The molecule has 1 aromatic rings. The fourth-order valence-corrected chi connectivity index (χ4v) is 2.61. The second kappa shape index (κ2) is 7.20. The highest BCUT2D eigenvalue weighted by Gasteiger charge is 2.32. The molecule has 4 N–H and O–H groups in total. The van der Waals surface area contributed by atoms with Crippen LogP contribution < -0.4 is 20.8 Å². The summed E-state index contributed by atoms with van der Waals surface area (Å²) in [6.07, 6.45) is 1.32. The van der Waals surface area contributed by atoms with Crippen molar-refractivity contribution in [2.75, 3.05) is 6.61 Å². The number of aliphatic hydroxyl groups is 1. The van der Waals surface area contributed by atoms with Crippen LogP contribution in [0.2, 0.25) is 0 Å². The standard InChI is InChI=1S/C17H19F3N4O2/c1-2-12(10-25)22-15-6-7-16-21-9-14(24(16)23-15)11-4-3-5-13(8-11)26-17(18,19)20/h3-9,12,21-23,25H,2,10H2,1H3. The van der Waals surface area contributed by atoms with Crippen LogP contribution in [0.3, 0.4) is 0 Å². The fourth-order valence-electron chi connectivity index (χ4n) is 2.61. The number of fused-ring (bicyclic) bond motifs is 1. The van der Waals surface area contributed by atoms with E-state index >= 15 is 0 Å². The minimum absolute atomic E-state index is 0.0101. The molecule has 1 unspecified atom stereocenters. The van der Waals surface area contributed by atoms with E-state index in [0.29, 0.717) is 17.1 Å². The molecule has 0 saturated heterocycles. The third-order valence-corrected chi connectivity index (χ3v) is 3.91. The predicted molar refractivity (Wildman–Crippen MR) is 89.7 cm³/mol. The van der Waals surface area contributed by atoms with Gasteiger partial charge in [0.25, 0.3) is 0 Å². The quantitative estimate of drug-likeness (QED) is 0.618. The van der Waals surface area contributed by atoms with Crippen molar-refractivity contribution >= 4 is 5.70 Å². The maximum Gasteiger partial charge on any atom is 0.573 e. The smallest absolute Gasteiger partial charge is 0.406 e. The van der Waals surface area contributed by atoms with Crippen molar-refractivity contribution in [3.63, 3.8) is 0 Å². The molecule has 0 aliphatic carbocycles. The summed E-state index contributed by atoms with van der Waals surface area (Å²) in [7, 11) is 0.